The van der Waals surface area contributed by atoms with Gasteiger partial charge in [-0.05, 0) is 35.1 Å². The first-order valence-electron chi connectivity index (χ1n) is 17.9. The van der Waals surface area contributed by atoms with Crippen LogP contribution in [0.2, 0.25) is 0 Å². The van der Waals surface area contributed by atoms with Crippen molar-refractivity contribution in [3.8, 4) is 0 Å². The van der Waals surface area contributed by atoms with Crippen LogP contribution in [-0.4, -0.2) is 101 Å². The van der Waals surface area contributed by atoms with Crippen LogP contribution in [0.15, 0.2) is 121 Å². The van der Waals surface area contributed by atoms with Crippen molar-refractivity contribution >= 4 is 29.5 Å². The van der Waals surface area contributed by atoms with E-state index in [1.807, 2.05) is 121 Å². The van der Waals surface area contributed by atoms with Gasteiger partial charge in [0.2, 0.25) is 29.5 Å². The molecule has 278 valence electrons. The molecule has 0 saturated carbocycles. The molecule has 53 heavy (non-hydrogen) atoms. The SMILES string of the molecule is CC(=O)N(C)[C@@H](CCc1ccccc1)C(=O)N(C)[C@@H](Cc1ccccc1)C(=O)N(C)[C@@H](Cc1ccccc1)C(=O)N(C)[C@@H](Cc1ccccc1)C(N)=O. The maximum atomic E-state index is 14.8. The van der Waals surface area contributed by atoms with Gasteiger partial charge < -0.3 is 25.3 Å². The summed E-state index contributed by atoms with van der Waals surface area (Å²) in [6.45, 7) is 1.41. The lowest BCUT2D eigenvalue weighted by Crippen LogP contribution is -2.60. The summed E-state index contributed by atoms with van der Waals surface area (Å²) in [5, 5.41) is 0. The highest BCUT2D eigenvalue weighted by Gasteiger charge is 2.40. The molecule has 0 bridgehead atoms. The summed E-state index contributed by atoms with van der Waals surface area (Å²) in [7, 11) is 6.26. The van der Waals surface area contributed by atoms with Gasteiger partial charge in [0.1, 0.15) is 24.2 Å². The van der Waals surface area contributed by atoms with Gasteiger partial charge in [0.05, 0.1) is 0 Å². The van der Waals surface area contributed by atoms with Crippen molar-refractivity contribution in [3.05, 3.63) is 144 Å². The number of carbonyl (C=O) groups is 5. The zero-order valence-corrected chi connectivity index (χ0v) is 31.3. The summed E-state index contributed by atoms with van der Waals surface area (Å²) >= 11 is 0. The maximum absolute atomic E-state index is 14.8. The Morgan fingerprint density at radius 1 is 0.453 bits per heavy atom. The number of nitrogens with zero attached hydrogens (tertiary/aromatic N) is 4. The lowest BCUT2D eigenvalue weighted by atomic mass is 9.97. The van der Waals surface area contributed by atoms with E-state index in [4.69, 9.17) is 5.73 Å². The number of nitrogens with two attached hydrogens (primary N) is 1. The second-order valence-electron chi connectivity index (χ2n) is 13.5. The molecule has 4 rings (SSSR count). The molecular formula is C43H51N5O5. The topological polar surface area (TPSA) is 124 Å². The summed E-state index contributed by atoms with van der Waals surface area (Å²) in [6, 6.07) is 33.8. The second kappa shape index (κ2) is 19.2. The molecule has 4 aromatic rings. The average molecular weight is 718 g/mol. The molecule has 4 aromatic carbocycles. The minimum atomic E-state index is -1.04. The number of aryl methyl sites for hydroxylation is 1. The van der Waals surface area contributed by atoms with Crippen molar-refractivity contribution < 1.29 is 24.0 Å². The first kappa shape index (κ1) is 40.0. The Morgan fingerprint density at radius 2 is 0.755 bits per heavy atom. The van der Waals surface area contributed by atoms with Crippen molar-refractivity contribution in [1.29, 1.82) is 0 Å². The molecule has 4 atom stereocenters. The van der Waals surface area contributed by atoms with E-state index < -0.39 is 41.9 Å². The Hall–Kier alpha value is -5.77. The molecule has 0 saturated heterocycles. The highest BCUT2D eigenvalue weighted by Crippen LogP contribution is 2.21. The fourth-order valence-electron chi connectivity index (χ4n) is 6.54. The first-order chi connectivity index (χ1) is 25.4. The van der Waals surface area contributed by atoms with Crippen LogP contribution in [-0.2, 0) is 49.7 Å². The summed E-state index contributed by atoms with van der Waals surface area (Å²) < 4.78 is 0. The molecule has 0 unspecified atom stereocenters. The summed E-state index contributed by atoms with van der Waals surface area (Å²) in [6.07, 6.45) is 1.42. The van der Waals surface area contributed by atoms with Gasteiger partial charge in [-0.25, -0.2) is 0 Å². The van der Waals surface area contributed by atoms with Crippen molar-refractivity contribution in [2.45, 2.75) is 63.2 Å². The van der Waals surface area contributed by atoms with Crippen LogP contribution in [0.5, 0.6) is 0 Å². The number of hydrogen-bond donors (Lipinski definition) is 1. The number of benzene rings is 4. The number of rotatable bonds is 17. The van der Waals surface area contributed by atoms with Crippen molar-refractivity contribution in [3.63, 3.8) is 0 Å². The van der Waals surface area contributed by atoms with E-state index in [9.17, 15) is 24.0 Å². The monoisotopic (exact) mass is 717 g/mol. The van der Waals surface area contributed by atoms with Gasteiger partial charge in [0, 0.05) is 54.4 Å². The Kier molecular flexibility index (Phi) is 14.5. The third-order valence-electron chi connectivity index (χ3n) is 9.96. The van der Waals surface area contributed by atoms with E-state index in [-0.39, 0.29) is 31.1 Å². The number of hydrogen-bond acceptors (Lipinski definition) is 5. The quantitative estimate of drug-likeness (QED) is 0.176. The van der Waals surface area contributed by atoms with E-state index in [1.165, 1.54) is 33.6 Å². The fourth-order valence-corrected chi connectivity index (χ4v) is 6.54. The summed E-state index contributed by atoms with van der Waals surface area (Å²) in [5.74, 6) is -2.25. The van der Waals surface area contributed by atoms with Crippen LogP contribution in [0.1, 0.15) is 35.6 Å². The Labute approximate surface area is 313 Å². The van der Waals surface area contributed by atoms with Gasteiger partial charge in [-0.15, -0.1) is 0 Å². The van der Waals surface area contributed by atoms with Crippen LogP contribution < -0.4 is 5.73 Å². The summed E-state index contributed by atoms with van der Waals surface area (Å²) in [4.78, 5) is 74.8. The van der Waals surface area contributed by atoms with Gasteiger partial charge in [0.25, 0.3) is 0 Å². The Bertz CT molecular complexity index is 1810. The molecule has 0 fully saturated rings. The summed E-state index contributed by atoms with van der Waals surface area (Å²) in [5.41, 5.74) is 9.36. The Balaban J connectivity index is 1.70. The average Bonchev–Trinajstić information content (AvgIpc) is 3.18. The lowest BCUT2D eigenvalue weighted by Gasteiger charge is -2.39. The second-order valence-corrected chi connectivity index (χ2v) is 13.5. The molecule has 0 spiro atoms. The van der Waals surface area contributed by atoms with E-state index in [0.717, 1.165) is 22.3 Å². The Morgan fingerprint density at radius 3 is 1.09 bits per heavy atom. The first-order valence-corrected chi connectivity index (χ1v) is 17.9. The predicted molar refractivity (Wildman–Crippen MR) is 206 cm³/mol. The van der Waals surface area contributed by atoms with Crippen LogP contribution in [0.25, 0.3) is 0 Å². The number of primary amides is 1. The number of carbonyl (C=O) groups excluding carboxylic acids is 5. The highest BCUT2D eigenvalue weighted by atomic mass is 16.2. The molecule has 5 amide bonds. The molecule has 0 aliphatic carbocycles. The maximum Gasteiger partial charge on any atom is 0.246 e. The molecular weight excluding hydrogens is 667 g/mol. The van der Waals surface area contributed by atoms with Crippen LogP contribution >= 0.6 is 0 Å². The van der Waals surface area contributed by atoms with E-state index in [2.05, 4.69) is 0 Å². The molecule has 0 heterocycles. The molecule has 0 radical (unpaired) electrons. The van der Waals surface area contributed by atoms with E-state index in [1.54, 1.807) is 21.1 Å². The van der Waals surface area contributed by atoms with Crippen molar-refractivity contribution in [2.24, 2.45) is 5.73 Å². The minimum absolute atomic E-state index is 0.158. The van der Waals surface area contributed by atoms with Gasteiger partial charge in [0.15, 0.2) is 0 Å². The molecule has 0 aliphatic heterocycles. The molecule has 10 heteroatoms. The number of likely N-dealkylation sites (N-methyl/N-ethyl adjacent to an activating group) is 4. The van der Waals surface area contributed by atoms with Gasteiger partial charge in [-0.2, -0.15) is 0 Å². The largest absolute Gasteiger partial charge is 0.368 e. The molecule has 0 aromatic heterocycles. The zero-order chi connectivity index (χ0) is 38.5. The van der Waals surface area contributed by atoms with E-state index in [0.29, 0.717) is 12.8 Å². The highest BCUT2D eigenvalue weighted by molar-refractivity contribution is 5.95. The number of amides is 5. The predicted octanol–water partition coefficient (Wildman–Crippen LogP) is 4.16. The molecule has 0 aliphatic rings. The van der Waals surface area contributed by atoms with Crippen LogP contribution in [0.3, 0.4) is 0 Å². The van der Waals surface area contributed by atoms with Crippen molar-refractivity contribution in [2.75, 3.05) is 28.2 Å². The van der Waals surface area contributed by atoms with Crippen molar-refractivity contribution in [1.82, 2.24) is 19.6 Å². The van der Waals surface area contributed by atoms with Gasteiger partial charge >= 0.3 is 0 Å². The standard InChI is InChI=1S/C43H51N5O5/c1-31(49)45(2)36(27-26-32-18-10-6-11-19-32)41(51)47(4)39(30-35-24-16-9-17-25-35)43(53)48(5)38(29-34-22-14-8-15-23-34)42(52)46(3)37(40(44)50)28-33-20-12-7-13-21-33/h6-25,36-39H,26-30H2,1-5H3,(H2,44,50)/t36-,37-,38-,39-/m0/s1. The van der Waals surface area contributed by atoms with Gasteiger partial charge in [-0.1, -0.05) is 121 Å². The zero-order valence-electron chi connectivity index (χ0n) is 31.3. The third kappa shape index (κ3) is 10.9. The van der Waals surface area contributed by atoms with Gasteiger partial charge in [-0.3, -0.25) is 24.0 Å². The normalized spacial score (nSPS) is 13.2. The molecule has 10 nitrogen and oxygen atoms in total. The smallest absolute Gasteiger partial charge is 0.246 e. The fraction of sp³-hybridized carbons (Fsp3) is 0.326. The van der Waals surface area contributed by atoms with Crippen LogP contribution in [0, 0.1) is 0 Å². The molecule has 2 N–H and O–H groups in total. The van der Waals surface area contributed by atoms with Crippen LogP contribution in [0.4, 0.5) is 0 Å². The van der Waals surface area contributed by atoms with E-state index >= 15 is 0 Å². The third-order valence-corrected chi connectivity index (χ3v) is 9.96. The minimum Gasteiger partial charge on any atom is -0.368 e. The lowest BCUT2D eigenvalue weighted by molar-refractivity contribution is -0.153.